The maximum atomic E-state index is 12.8. The van der Waals surface area contributed by atoms with Crippen molar-refractivity contribution < 1.29 is 33.7 Å². The third-order valence-corrected chi connectivity index (χ3v) is 10.9. The summed E-state index contributed by atoms with van der Waals surface area (Å²) in [6.45, 7) is 6.39. The molecule has 0 fully saturated rings. The molecule has 0 aromatic rings. The van der Waals surface area contributed by atoms with Gasteiger partial charge in [0.1, 0.15) is 13.2 Å². The molecule has 7 nitrogen and oxygen atoms in total. The highest BCUT2D eigenvalue weighted by molar-refractivity contribution is 5.71. The van der Waals surface area contributed by atoms with Crippen LogP contribution in [0.5, 0.6) is 0 Å². The molecule has 0 spiro atoms. The number of carbonyl (C=O) groups excluding carboxylic acids is 3. The first-order valence-corrected chi connectivity index (χ1v) is 25.2. The standard InChI is InChI=1S/C53H94O7/c1-4-7-10-13-16-19-21-23-25-27-29-31-34-37-40-43-51(55)58-47-50(60-53(57)46-45-49(54)42-39-36-33-18-15-12-9-6-3)48-59-52(56)44-41-38-35-32-30-28-26-24-22-20-17-14-11-8-5-2/h16-17,19-20,23-26,49-50,54H,4-15,18,21-22,27-48H2,1-3H3/b19-16-,20-17-,25-23-,26-24-. The van der Waals surface area contributed by atoms with Gasteiger partial charge in [-0.15, -0.1) is 0 Å². The van der Waals surface area contributed by atoms with Crippen LogP contribution < -0.4 is 0 Å². The number of aliphatic hydroxyl groups excluding tert-OH is 1. The van der Waals surface area contributed by atoms with Crippen LogP contribution in [0.3, 0.4) is 0 Å². The smallest absolute Gasteiger partial charge is 0.306 e. The molecule has 0 saturated carbocycles. The molecule has 0 aliphatic heterocycles. The Balaban J connectivity index is 4.48. The van der Waals surface area contributed by atoms with E-state index in [1.165, 1.54) is 89.9 Å². The highest BCUT2D eigenvalue weighted by Crippen LogP contribution is 2.15. The number of esters is 3. The van der Waals surface area contributed by atoms with Gasteiger partial charge in [-0.05, 0) is 89.9 Å². The largest absolute Gasteiger partial charge is 0.462 e. The summed E-state index contributed by atoms with van der Waals surface area (Å²) in [7, 11) is 0. The van der Waals surface area contributed by atoms with Crippen molar-refractivity contribution in [1.29, 1.82) is 0 Å². The molecule has 0 amide bonds. The Morgan fingerprint density at radius 3 is 1.18 bits per heavy atom. The second kappa shape index (κ2) is 47.4. The van der Waals surface area contributed by atoms with Gasteiger partial charge in [0.05, 0.1) is 6.10 Å². The first-order valence-electron chi connectivity index (χ1n) is 25.2. The van der Waals surface area contributed by atoms with E-state index in [4.69, 9.17) is 14.2 Å². The lowest BCUT2D eigenvalue weighted by molar-refractivity contribution is -0.167. The van der Waals surface area contributed by atoms with Crippen LogP contribution in [0.1, 0.15) is 245 Å². The molecule has 0 rings (SSSR count). The Hall–Kier alpha value is -2.67. The van der Waals surface area contributed by atoms with Crippen molar-refractivity contribution in [3.8, 4) is 0 Å². The lowest BCUT2D eigenvalue weighted by Gasteiger charge is -2.19. The Morgan fingerprint density at radius 1 is 0.400 bits per heavy atom. The molecule has 1 atom stereocenters. The molecule has 0 aromatic heterocycles. The predicted octanol–water partition coefficient (Wildman–Crippen LogP) is 15.3. The maximum absolute atomic E-state index is 12.8. The molecule has 0 saturated heterocycles. The molecule has 1 N–H and O–H groups in total. The monoisotopic (exact) mass is 843 g/mol. The van der Waals surface area contributed by atoms with Crippen LogP contribution in [-0.4, -0.2) is 48.4 Å². The number of carbonyl (C=O) groups is 3. The molecule has 0 aliphatic carbocycles. The fourth-order valence-corrected chi connectivity index (χ4v) is 6.98. The molecule has 1 unspecified atom stereocenters. The van der Waals surface area contributed by atoms with Crippen molar-refractivity contribution in [2.24, 2.45) is 0 Å². The van der Waals surface area contributed by atoms with Crippen LogP contribution in [0, 0.1) is 0 Å². The van der Waals surface area contributed by atoms with Crippen molar-refractivity contribution in [3.05, 3.63) is 48.6 Å². The van der Waals surface area contributed by atoms with Crippen LogP contribution in [0.4, 0.5) is 0 Å². The van der Waals surface area contributed by atoms with Crippen LogP contribution in [0.15, 0.2) is 48.6 Å². The summed E-state index contributed by atoms with van der Waals surface area (Å²) in [6, 6.07) is 0. The first-order chi connectivity index (χ1) is 29.4. The average Bonchev–Trinajstić information content (AvgIpc) is 3.24. The van der Waals surface area contributed by atoms with Crippen molar-refractivity contribution in [3.63, 3.8) is 0 Å². The minimum absolute atomic E-state index is 0.0640. The lowest BCUT2D eigenvalue weighted by atomic mass is 10.0. The average molecular weight is 843 g/mol. The van der Waals surface area contributed by atoms with Gasteiger partial charge in [-0.25, -0.2) is 0 Å². The molecule has 60 heavy (non-hydrogen) atoms. The van der Waals surface area contributed by atoms with Crippen molar-refractivity contribution in [2.45, 2.75) is 258 Å². The van der Waals surface area contributed by atoms with Crippen LogP contribution in [0.2, 0.25) is 0 Å². The van der Waals surface area contributed by atoms with E-state index in [1.54, 1.807) is 0 Å². The van der Waals surface area contributed by atoms with E-state index < -0.39 is 18.2 Å². The molecule has 7 heteroatoms. The molecule has 0 bridgehead atoms. The van der Waals surface area contributed by atoms with E-state index in [-0.39, 0.29) is 31.6 Å². The molecule has 0 aliphatic rings. The molecule has 0 aromatic carbocycles. The lowest BCUT2D eigenvalue weighted by Crippen LogP contribution is -2.31. The number of rotatable bonds is 45. The Bertz CT molecular complexity index is 1020. The van der Waals surface area contributed by atoms with Gasteiger partial charge in [0.25, 0.3) is 0 Å². The third kappa shape index (κ3) is 44.9. The van der Waals surface area contributed by atoms with Crippen molar-refractivity contribution in [2.75, 3.05) is 13.2 Å². The van der Waals surface area contributed by atoms with Gasteiger partial charge in [-0.2, -0.15) is 0 Å². The predicted molar refractivity (Wildman–Crippen MR) is 253 cm³/mol. The summed E-state index contributed by atoms with van der Waals surface area (Å²) < 4.78 is 16.6. The van der Waals surface area contributed by atoms with E-state index in [0.29, 0.717) is 25.7 Å². The minimum Gasteiger partial charge on any atom is -0.462 e. The molecule has 0 heterocycles. The van der Waals surface area contributed by atoms with Crippen molar-refractivity contribution in [1.82, 2.24) is 0 Å². The Labute approximate surface area is 370 Å². The Kier molecular flexibility index (Phi) is 45.3. The number of unbranched alkanes of at least 4 members (excludes halogenated alkanes) is 23. The number of ether oxygens (including phenoxy) is 3. The quantitative estimate of drug-likeness (QED) is 0.0282. The second-order valence-corrected chi connectivity index (χ2v) is 16.9. The molecule has 0 radical (unpaired) electrons. The zero-order chi connectivity index (χ0) is 43.8. The van der Waals surface area contributed by atoms with Gasteiger partial charge in [0.15, 0.2) is 6.10 Å². The summed E-state index contributed by atoms with van der Waals surface area (Å²) >= 11 is 0. The highest BCUT2D eigenvalue weighted by atomic mass is 16.6. The fraction of sp³-hybridized carbons (Fsp3) is 0.792. The van der Waals surface area contributed by atoms with Gasteiger partial charge in [-0.1, -0.05) is 185 Å². The van der Waals surface area contributed by atoms with Gasteiger partial charge in [-0.3, -0.25) is 14.4 Å². The second-order valence-electron chi connectivity index (χ2n) is 16.9. The van der Waals surface area contributed by atoms with E-state index in [2.05, 4.69) is 69.4 Å². The minimum atomic E-state index is -0.871. The van der Waals surface area contributed by atoms with E-state index in [1.807, 2.05) is 0 Å². The maximum Gasteiger partial charge on any atom is 0.306 e. The van der Waals surface area contributed by atoms with E-state index in [0.717, 1.165) is 103 Å². The number of hydrogen-bond donors (Lipinski definition) is 1. The van der Waals surface area contributed by atoms with E-state index >= 15 is 0 Å². The summed E-state index contributed by atoms with van der Waals surface area (Å²) in [6.07, 6.45) is 52.4. The Morgan fingerprint density at radius 2 is 0.750 bits per heavy atom. The molecule has 348 valence electrons. The SMILES string of the molecule is CCCCC/C=C\C/C=C\CCCCCCCC(=O)OCC(COC(=O)CCCCCCC/C=C\C/C=C\CCCCC)OC(=O)CCC(O)CCCCCCCCCC. The zero-order valence-corrected chi connectivity index (χ0v) is 39.3. The summed E-state index contributed by atoms with van der Waals surface area (Å²) in [4.78, 5) is 37.9. The highest BCUT2D eigenvalue weighted by Gasteiger charge is 2.20. The number of aliphatic hydroxyl groups is 1. The summed E-state index contributed by atoms with van der Waals surface area (Å²) in [5.41, 5.74) is 0. The van der Waals surface area contributed by atoms with Gasteiger partial charge in [0.2, 0.25) is 0 Å². The van der Waals surface area contributed by atoms with Gasteiger partial charge >= 0.3 is 17.9 Å². The van der Waals surface area contributed by atoms with Crippen LogP contribution >= 0.6 is 0 Å². The number of allylic oxidation sites excluding steroid dienone is 8. The van der Waals surface area contributed by atoms with Gasteiger partial charge < -0.3 is 19.3 Å². The van der Waals surface area contributed by atoms with Crippen LogP contribution in [0.25, 0.3) is 0 Å². The molecular formula is C53H94O7. The normalized spacial score (nSPS) is 12.5. The van der Waals surface area contributed by atoms with E-state index in [9.17, 15) is 19.5 Å². The summed E-state index contributed by atoms with van der Waals surface area (Å²) in [5.74, 6) is -1.15. The van der Waals surface area contributed by atoms with Crippen LogP contribution in [-0.2, 0) is 28.6 Å². The topological polar surface area (TPSA) is 99.1 Å². The molecular weight excluding hydrogens is 749 g/mol. The third-order valence-electron chi connectivity index (χ3n) is 10.9. The fourth-order valence-electron chi connectivity index (χ4n) is 6.98. The first kappa shape index (κ1) is 57.3. The summed E-state index contributed by atoms with van der Waals surface area (Å²) in [5, 5.41) is 10.5. The number of hydrogen-bond acceptors (Lipinski definition) is 7. The van der Waals surface area contributed by atoms with Gasteiger partial charge in [0, 0.05) is 19.3 Å². The van der Waals surface area contributed by atoms with Crippen molar-refractivity contribution >= 4 is 17.9 Å². The zero-order valence-electron chi connectivity index (χ0n) is 39.3.